The van der Waals surface area contributed by atoms with Gasteiger partial charge in [-0.1, -0.05) is 43.7 Å². The molecule has 0 unspecified atom stereocenters. The normalized spacial score (nSPS) is 14.3. The van der Waals surface area contributed by atoms with E-state index in [0.29, 0.717) is 0 Å². The van der Waals surface area contributed by atoms with Crippen molar-refractivity contribution >= 4 is 18.5 Å². The van der Waals surface area contributed by atoms with Crippen LogP contribution < -0.4 is 0 Å². The second-order valence-electron chi connectivity index (χ2n) is 4.35. The van der Waals surface area contributed by atoms with E-state index >= 15 is 0 Å². The van der Waals surface area contributed by atoms with Crippen molar-refractivity contribution in [1.29, 1.82) is 0 Å². The average molecular weight is 265 g/mol. The monoisotopic (exact) mass is 264 g/mol. The topological polar surface area (TPSA) is 6.48 Å². The molecule has 1 aliphatic rings. The fourth-order valence-electron chi connectivity index (χ4n) is 1.83. The van der Waals surface area contributed by atoms with Crippen LogP contribution in [0.25, 0.3) is 6.08 Å². The lowest BCUT2D eigenvalue weighted by atomic mass is 10.2. The molecule has 1 aromatic rings. The minimum atomic E-state index is 0. The van der Waals surface area contributed by atoms with Crippen molar-refractivity contribution in [1.82, 2.24) is 9.80 Å². The van der Waals surface area contributed by atoms with Crippen LogP contribution in [-0.2, 0) is 0 Å². The summed E-state index contributed by atoms with van der Waals surface area (Å²) in [6.45, 7) is 4.36. The minimum absolute atomic E-state index is 0. The van der Waals surface area contributed by atoms with E-state index < -0.39 is 0 Å². The quantitative estimate of drug-likeness (QED) is 0.795. The molecule has 18 heavy (non-hydrogen) atoms. The van der Waals surface area contributed by atoms with E-state index in [4.69, 9.17) is 0 Å². The van der Waals surface area contributed by atoms with Gasteiger partial charge < -0.3 is 9.80 Å². The molecular weight excluding hydrogens is 244 g/mol. The lowest BCUT2D eigenvalue weighted by Crippen LogP contribution is -2.22. The zero-order valence-corrected chi connectivity index (χ0v) is 11.6. The van der Waals surface area contributed by atoms with Crippen LogP contribution >= 0.6 is 12.4 Å². The molecule has 1 aliphatic heterocycles. The maximum atomic E-state index is 2.35. The van der Waals surface area contributed by atoms with Crippen LogP contribution in [0.15, 0.2) is 48.9 Å². The van der Waals surface area contributed by atoms with Crippen molar-refractivity contribution < 1.29 is 0 Å². The lowest BCUT2D eigenvalue weighted by molar-refractivity contribution is 0.311. The van der Waals surface area contributed by atoms with Gasteiger partial charge >= 0.3 is 0 Å². The molecule has 0 N–H and O–H groups in total. The number of nitrogens with zero attached hydrogens (tertiary/aromatic N) is 2. The van der Waals surface area contributed by atoms with Crippen LogP contribution in [0.5, 0.6) is 0 Å². The molecule has 2 rings (SSSR count). The lowest BCUT2D eigenvalue weighted by Gasteiger charge is -2.18. The standard InChI is InChI=1S/C15H20N2.ClH/c1-2-3-10-16-12-13-17(14-16)11-9-15-7-5-4-6-8-15;/h4-9,11-13H,2-3,10,14H2,1H3;1H. The Morgan fingerprint density at radius 1 is 1.17 bits per heavy atom. The van der Waals surface area contributed by atoms with E-state index in [2.05, 4.69) is 65.7 Å². The summed E-state index contributed by atoms with van der Waals surface area (Å²) < 4.78 is 0. The smallest absolute Gasteiger partial charge is 0.0936 e. The molecule has 1 aromatic carbocycles. The van der Waals surface area contributed by atoms with Crippen LogP contribution in [-0.4, -0.2) is 23.0 Å². The predicted octanol–water partition coefficient (Wildman–Crippen LogP) is 3.93. The molecule has 0 aromatic heterocycles. The van der Waals surface area contributed by atoms with Gasteiger partial charge in [0.1, 0.15) is 0 Å². The van der Waals surface area contributed by atoms with Crippen molar-refractivity contribution in [3.05, 3.63) is 54.5 Å². The third kappa shape index (κ3) is 4.46. The van der Waals surface area contributed by atoms with Crippen LogP contribution in [0.1, 0.15) is 25.3 Å². The first-order valence-electron chi connectivity index (χ1n) is 6.30. The van der Waals surface area contributed by atoms with Gasteiger partial charge in [0, 0.05) is 25.1 Å². The number of halogens is 1. The molecule has 0 saturated carbocycles. The first-order valence-corrected chi connectivity index (χ1v) is 6.30. The van der Waals surface area contributed by atoms with Crippen LogP contribution in [0, 0.1) is 0 Å². The molecule has 0 spiro atoms. The number of hydrogen-bond donors (Lipinski definition) is 0. The Kier molecular flexibility index (Phi) is 6.37. The van der Waals surface area contributed by atoms with Gasteiger partial charge in [0.2, 0.25) is 0 Å². The molecule has 0 radical (unpaired) electrons. The number of hydrogen-bond acceptors (Lipinski definition) is 2. The van der Waals surface area contributed by atoms with Crippen molar-refractivity contribution in [2.24, 2.45) is 0 Å². The zero-order valence-electron chi connectivity index (χ0n) is 10.8. The summed E-state index contributed by atoms with van der Waals surface area (Å²) in [5, 5.41) is 0. The Balaban J connectivity index is 0.00000162. The second-order valence-corrected chi connectivity index (χ2v) is 4.35. The van der Waals surface area contributed by atoms with Gasteiger partial charge in [-0.3, -0.25) is 0 Å². The molecule has 0 atom stereocenters. The van der Waals surface area contributed by atoms with E-state index in [1.807, 2.05) is 6.07 Å². The van der Waals surface area contributed by atoms with Gasteiger partial charge in [0.25, 0.3) is 0 Å². The summed E-state index contributed by atoms with van der Waals surface area (Å²) in [4.78, 5) is 4.56. The molecule has 98 valence electrons. The highest BCUT2D eigenvalue weighted by Gasteiger charge is 2.08. The van der Waals surface area contributed by atoms with Gasteiger partial charge in [0.05, 0.1) is 6.67 Å². The van der Waals surface area contributed by atoms with Crippen molar-refractivity contribution in [3.63, 3.8) is 0 Å². The Morgan fingerprint density at radius 3 is 2.67 bits per heavy atom. The van der Waals surface area contributed by atoms with Crippen LogP contribution in [0.4, 0.5) is 0 Å². The van der Waals surface area contributed by atoms with Crippen LogP contribution in [0.3, 0.4) is 0 Å². The van der Waals surface area contributed by atoms with Crippen molar-refractivity contribution in [2.45, 2.75) is 19.8 Å². The van der Waals surface area contributed by atoms with Gasteiger partial charge in [-0.15, -0.1) is 12.4 Å². The van der Waals surface area contributed by atoms with Crippen molar-refractivity contribution in [3.8, 4) is 0 Å². The number of unbranched alkanes of at least 4 members (excludes halogenated alkanes) is 1. The van der Waals surface area contributed by atoms with Gasteiger partial charge in [0.15, 0.2) is 0 Å². The summed E-state index contributed by atoms with van der Waals surface area (Å²) >= 11 is 0. The van der Waals surface area contributed by atoms with E-state index in [1.165, 1.54) is 18.4 Å². The molecule has 0 aliphatic carbocycles. The third-order valence-electron chi connectivity index (χ3n) is 2.87. The minimum Gasteiger partial charge on any atom is -0.358 e. The molecule has 0 fully saturated rings. The molecule has 0 saturated heterocycles. The van der Waals surface area contributed by atoms with Gasteiger partial charge in [-0.25, -0.2) is 0 Å². The summed E-state index contributed by atoms with van der Waals surface area (Å²) in [7, 11) is 0. The van der Waals surface area contributed by atoms with Gasteiger partial charge in [-0.2, -0.15) is 0 Å². The first kappa shape index (κ1) is 14.7. The van der Waals surface area contributed by atoms with E-state index in [9.17, 15) is 0 Å². The SMILES string of the molecule is CCCCN1C=CN(C=Cc2ccccc2)C1.Cl. The third-order valence-corrected chi connectivity index (χ3v) is 2.87. The molecular formula is C15H21ClN2. The molecule has 1 heterocycles. The van der Waals surface area contributed by atoms with Gasteiger partial charge in [-0.05, 0) is 18.1 Å². The summed E-state index contributed by atoms with van der Waals surface area (Å²) in [5.74, 6) is 0. The number of benzene rings is 1. The number of rotatable bonds is 5. The predicted molar refractivity (Wildman–Crippen MR) is 80.2 cm³/mol. The van der Waals surface area contributed by atoms with Crippen molar-refractivity contribution in [2.75, 3.05) is 13.2 Å². The Bertz CT molecular complexity index is 387. The Hall–Kier alpha value is -1.41. The Labute approximate surface area is 116 Å². The van der Waals surface area contributed by atoms with E-state index in [-0.39, 0.29) is 12.4 Å². The van der Waals surface area contributed by atoms with E-state index in [1.54, 1.807) is 0 Å². The highest BCUT2D eigenvalue weighted by Crippen LogP contribution is 2.10. The summed E-state index contributed by atoms with van der Waals surface area (Å²) in [6.07, 6.45) is 11.1. The average Bonchev–Trinajstić information content (AvgIpc) is 2.83. The molecule has 0 bridgehead atoms. The first-order chi connectivity index (χ1) is 8.38. The maximum absolute atomic E-state index is 2.35. The highest BCUT2D eigenvalue weighted by molar-refractivity contribution is 5.85. The summed E-state index contributed by atoms with van der Waals surface area (Å²) in [5.41, 5.74) is 1.24. The fourth-order valence-corrected chi connectivity index (χ4v) is 1.83. The van der Waals surface area contributed by atoms with Crippen LogP contribution in [0.2, 0.25) is 0 Å². The maximum Gasteiger partial charge on any atom is 0.0936 e. The second kappa shape index (κ2) is 7.83. The molecule has 3 heteroatoms. The molecule has 0 amide bonds. The molecule has 2 nitrogen and oxygen atoms in total. The van der Waals surface area contributed by atoms with E-state index in [0.717, 1.165) is 13.2 Å². The Morgan fingerprint density at radius 2 is 1.94 bits per heavy atom. The zero-order chi connectivity index (χ0) is 11.9. The fraction of sp³-hybridized carbons (Fsp3) is 0.333. The summed E-state index contributed by atoms with van der Waals surface area (Å²) in [6, 6.07) is 10.4. The largest absolute Gasteiger partial charge is 0.358 e. The highest BCUT2D eigenvalue weighted by atomic mass is 35.5.